The Morgan fingerprint density at radius 3 is 1.98 bits per heavy atom. The van der Waals surface area contributed by atoms with Crippen molar-refractivity contribution < 1.29 is 29.0 Å². The summed E-state index contributed by atoms with van der Waals surface area (Å²) in [4.78, 5) is 48.8. The summed E-state index contributed by atoms with van der Waals surface area (Å²) in [5.74, 6) is 0.414. The predicted octanol–water partition coefficient (Wildman–Crippen LogP) is 5.48. The summed E-state index contributed by atoms with van der Waals surface area (Å²) < 4.78 is 5.03. The maximum Gasteiger partial charge on any atom is 0.345 e. The van der Waals surface area contributed by atoms with Crippen molar-refractivity contribution in [3.05, 3.63) is 71.8 Å². The van der Waals surface area contributed by atoms with Crippen LogP contribution < -0.4 is 11.1 Å². The first-order valence-electron chi connectivity index (χ1n) is 15.8. The van der Waals surface area contributed by atoms with Crippen LogP contribution in [0.25, 0.3) is 0 Å². The Morgan fingerprint density at radius 1 is 0.907 bits per heavy atom. The number of unbranched alkanes of at least 4 members (excludes halogenated alkanes) is 1. The number of hydrogen-bond donors (Lipinski definition) is 3. The van der Waals surface area contributed by atoms with Crippen molar-refractivity contribution in [3.63, 3.8) is 0 Å². The number of amides is 1. The Balaban J connectivity index is 0.000000313. The normalized spacial score (nSPS) is 24.7. The Hall–Kier alpha value is -3.52. The molecule has 4 aliphatic rings. The van der Waals surface area contributed by atoms with Gasteiger partial charge in [-0.2, -0.15) is 0 Å². The first kappa shape index (κ1) is 32.4. The van der Waals surface area contributed by atoms with Crippen LogP contribution in [0, 0.1) is 17.8 Å². The maximum absolute atomic E-state index is 12.9. The van der Waals surface area contributed by atoms with Crippen molar-refractivity contribution in [1.82, 2.24) is 5.32 Å². The van der Waals surface area contributed by atoms with E-state index in [9.17, 15) is 24.3 Å². The summed E-state index contributed by atoms with van der Waals surface area (Å²) >= 11 is 0. The molecule has 4 saturated carbocycles. The van der Waals surface area contributed by atoms with Gasteiger partial charge in [0.1, 0.15) is 0 Å². The molecule has 1 amide bonds. The van der Waals surface area contributed by atoms with Gasteiger partial charge in [-0.25, -0.2) is 4.79 Å². The molecule has 0 unspecified atom stereocenters. The number of ketones is 1. The number of benzene rings is 2. The molecule has 0 saturated heterocycles. The van der Waals surface area contributed by atoms with Gasteiger partial charge in [0.25, 0.3) is 5.91 Å². The second kappa shape index (κ2) is 15.3. The van der Waals surface area contributed by atoms with Crippen LogP contribution in [0.15, 0.2) is 60.7 Å². The SMILES string of the molecule is CCCC[C@H](OC(=O)CCC(=O)[C@H](Cc1ccccc1)NC(=O)c1ccccc1)C(=O)O.NC12CC3CC(CC(C3)C1)C2. The van der Waals surface area contributed by atoms with E-state index in [2.05, 4.69) is 5.32 Å². The fraction of sp³-hybridized carbons (Fsp3) is 0.543. The molecule has 232 valence electrons. The Kier molecular flexibility index (Phi) is 11.5. The standard InChI is InChI=1S/C25H29NO6.C10H17N/c1-2-3-14-22(25(30)31)32-23(28)16-15-21(27)20(17-18-10-6-4-7-11-18)26-24(29)19-12-8-5-9-13-19;11-10-4-7-1-8(5-10)3-9(2-7)6-10/h4-13,20,22H,2-3,14-17H2,1H3,(H,26,29)(H,30,31);7-9H,1-6,11H2/t20-,22-;/m0./s1. The summed E-state index contributed by atoms with van der Waals surface area (Å²) in [6.07, 6.45) is 8.86. The molecule has 0 spiro atoms. The molecule has 8 heteroatoms. The van der Waals surface area contributed by atoms with E-state index in [1.165, 1.54) is 38.5 Å². The van der Waals surface area contributed by atoms with E-state index in [1.807, 2.05) is 37.3 Å². The van der Waals surface area contributed by atoms with Crippen LogP contribution in [-0.4, -0.2) is 46.4 Å². The first-order chi connectivity index (χ1) is 20.6. The van der Waals surface area contributed by atoms with E-state index >= 15 is 0 Å². The fourth-order valence-electron chi connectivity index (χ4n) is 7.34. The molecule has 2 aromatic rings. The van der Waals surface area contributed by atoms with Crippen LogP contribution in [0.1, 0.15) is 93.5 Å². The minimum atomic E-state index is -1.21. The number of rotatable bonds is 13. The van der Waals surface area contributed by atoms with Crippen LogP contribution >= 0.6 is 0 Å². The molecule has 0 aliphatic heterocycles. The smallest absolute Gasteiger partial charge is 0.345 e. The van der Waals surface area contributed by atoms with Gasteiger partial charge in [-0.05, 0) is 93.2 Å². The predicted molar refractivity (Wildman–Crippen MR) is 164 cm³/mol. The largest absolute Gasteiger partial charge is 0.479 e. The molecule has 0 radical (unpaired) electrons. The number of carbonyl (C=O) groups is 4. The number of carbonyl (C=O) groups excluding carboxylic acids is 3. The molecule has 2 aromatic carbocycles. The van der Waals surface area contributed by atoms with Crippen molar-refractivity contribution in [2.45, 2.75) is 102 Å². The third kappa shape index (κ3) is 9.75. The highest BCUT2D eigenvalue weighted by Gasteiger charge is 2.48. The number of ether oxygens (including phenoxy) is 1. The van der Waals surface area contributed by atoms with Gasteiger partial charge >= 0.3 is 11.9 Å². The number of nitrogens with two attached hydrogens (primary N) is 1. The zero-order chi connectivity index (χ0) is 30.8. The van der Waals surface area contributed by atoms with E-state index < -0.39 is 24.1 Å². The summed E-state index contributed by atoms with van der Waals surface area (Å²) in [5, 5.41) is 12.0. The van der Waals surface area contributed by atoms with Gasteiger partial charge in [-0.3, -0.25) is 14.4 Å². The molecule has 4 N–H and O–H groups in total. The number of nitrogens with one attached hydrogen (secondary N) is 1. The zero-order valence-electron chi connectivity index (χ0n) is 25.2. The highest BCUT2D eigenvalue weighted by atomic mass is 16.6. The highest BCUT2D eigenvalue weighted by molar-refractivity contribution is 5.98. The molecule has 4 aliphatic carbocycles. The van der Waals surface area contributed by atoms with Crippen molar-refractivity contribution in [2.24, 2.45) is 23.5 Å². The van der Waals surface area contributed by atoms with Gasteiger partial charge in [0.15, 0.2) is 11.9 Å². The van der Waals surface area contributed by atoms with E-state index in [1.54, 1.807) is 30.3 Å². The molecule has 43 heavy (non-hydrogen) atoms. The first-order valence-corrected chi connectivity index (χ1v) is 15.8. The number of hydrogen-bond acceptors (Lipinski definition) is 6. The molecule has 0 aromatic heterocycles. The average Bonchev–Trinajstić information content (AvgIpc) is 2.97. The lowest BCUT2D eigenvalue weighted by molar-refractivity contribution is -0.164. The molecule has 0 heterocycles. The van der Waals surface area contributed by atoms with Crippen molar-refractivity contribution >= 4 is 23.6 Å². The van der Waals surface area contributed by atoms with Gasteiger partial charge in [0.05, 0.1) is 12.5 Å². The molecule has 2 atom stereocenters. The lowest BCUT2D eigenvalue weighted by Gasteiger charge is -2.55. The molecule has 8 nitrogen and oxygen atoms in total. The van der Waals surface area contributed by atoms with Crippen molar-refractivity contribution in [1.29, 1.82) is 0 Å². The topological polar surface area (TPSA) is 136 Å². The summed E-state index contributed by atoms with van der Waals surface area (Å²) in [6.45, 7) is 1.91. The van der Waals surface area contributed by atoms with E-state index in [-0.39, 0.29) is 37.4 Å². The highest BCUT2D eigenvalue weighted by Crippen LogP contribution is 2.54. The fourth-order valence-corrected chi connectivity index (χ4v) is 7.34. The molecule has 4 bridgehead atoms. The monoisotopic (exact) mass is 590 g/mol. The Labute approximate surface area is 254 Å². The summed E-state index contributed by atoms with van der Waals surface area (Å²) in [5.41, 5.74) is 7.92. The van der Waals surface area contributed by atoms with Gasteiger partial charge in [-0.1, -0.05) is 61.9 Å². The van der Waals surface area contributed by atoms with Crippen LogP contribution in [0.4, 0.5) is 0 Å². The van der Waals surface area contributed by atoms with E-state index in [0.29, 0.717) is 17.5 Å². The minimum Gasteiger partial charge on any atom is -0.479 e. The average molecular weight is 591 g/mol. The third-order valence-electron chi connectivity index (χ3n) is 9.04. The van der Waals surface area contributed by atoms with Crippen LogP contribution in [-0.2, 0) is 25.5 Å². The second-order valence-electron chi connectivity index (χ2n) is 12.8. The van der Waals surface area contributed by atoms with Crippen molar-refractivity contribution in [3.8, 4) is 0 Å². The lowest BCUT2D eigenvalue weighted by atomic mass is 9.53. The van der Waals surface area contributed by atoms with Crippen molar-refractivity contribution in [2.75, 3.05) is 0 Å². The third-order valence-corrected chi connectivity index (χ3v) is 9.04. The number of carboxylic acid groups (broad SMARTS) is 1. The Bertz CT molecular complexity index is 1200. The zero-order valence-corrected chi connectivity index (χ0v) is 25.2. The molecule has 6 rings (SSSR count). The van der Waals surface area contributed by atoms with Gasteiger partial charge in [-0.15, -0.1) is 0 Å². The second-order valence-corrected chi connectivity index (χ2v) is 12.8. The van der Waals surface area contributed by atoms with E-state index in [0.717, 1.165) is 29.7 Å². The quantitative estimate of drug-likeness (QED) is 0.263. The summed E-state index contributed by atoms with van der Waals surface area (Å²) in [6, 6.07) is 17.0. The van der Waals surface area contributed by atoms with E-state index in [4.69, 9.17) is 10.5 Å². The molecular formula is C35H46N2O6. The van der Waals surface area contributed by atoms with Crippen LogP contribution in [0.2, 0.25) is 0 Å². The van der Waals surface area contributed by atoms with Gasteiger partial charge in [0.2, 0.25) is 0 Å². The number of esters is 1. The Morgan fingerprint density at radius 2 is 1.47 bits per heavy atom. The van der Waals surface area contributed by atoms with Gasteiger partial charge in [0, 0.05) is 17.5 Å². The molecular weight excluding hydrogens is 544 g/mol. The van der Waals surface area contributed by atoms with Gasteiger partial charge < -0.3 is 20.9 Å². The number of carboxylic acids is 1. The van der Waals surface area contributed by atoms with Crippen LogP contribution in [0.3, 0.4) is 0 Å². The number of Topliss-reactive ketones (excluding diaryl/α,β-unsaturated/α-hetero) is 1. The van der Waals surface area contributed by atoms with Crippen LogP contribution in [0.5, 0.6) is 0 Å². The summed E-state index contributed by atoms with van der Waals surface area (Å²) in [7, 11) is 0. The molecule has 4 fully saturated rings. The number of aliphatic carboxylic acids is 1. The minimum absolute atomic E-state index is 0.161. The maximum atomic E-state index is 12.9. The lowest BCUT2D eigenvalue weighted by Crippen LogP contribution is -2.55.